The van der Waals surface area contributed by atoms with Crippen LogP contribution in [0.5, 0.6) is 0 Å². The molecule has 0 aliphatic heterocycles. The van der Waals surface area contributed by atoms with Crippen molar-refractivity contribution in [1.29, 1.82) is 0 Å². The Bertz CT molecular complexity index is 136. The molecule has 0 radical (unpaired) electrons. The van der Waals surface area contributed by atoms with E-state index in [4.69, 9.17) is 20.3 Å². The predicted octanol–water partition coefficient (Wildman–Crippen LogP) is -7.74. The molecule has 0 rings (SSSR count). The normalized spacial score (nSPS) is 9.08. The molecule has 0 aliphatic rings. The van der Waals surface area contributed by atoms with E-state index in [0.29, 0.717) is 0 Å². The van der Waals surface area contributed by atoms with Gasteiger partial charge in [-0.25, -0.2) is 0 Å². The van der Waals surface area contributed by atoms with Crippen molar-refractivity contribution in [3.8, 4) is 0 Å². The van der Waals surface area contributed by atoms with Gasteiger partial charge in [-0.1, -0.05) is 0 Å². The second-order valence-corrected chi connectivity index (χ2v) is 12.0. The van der Waals surface area contributed by atoms with Crippen molar-refractivity contribution in [2.24, 2.45) is 0 Å². The fourth-order valence-corrected chi connectivity index (χ4v) is 0. The average molecular weight is 816 g/mol. The summed E-state index contributed by atoms with van der Waals surface area (Å²) in [6.07, 6.45) is 0. The molecule has 0 bridgehead atoms. The topological polar surface area (TPSA) is 138 Å². The third kappa shape index (κ3) is 118. The Morgan fingerprint density at radius 3 is 0.538 bits per heavy atom. The van der Waals surface area contributed by atoms with E-state index in [-0.39, 0.29) is 147 Å². The van der Waals surface area contributed by atoms with Crippen molar-refractivity contribution < 1.29 is 20.3 Å². The van der Waals surface area contributed by atoms with Gasteiger partial charge in [-0.15, -0.1) is 0 Å². The van der Waals surface area contributed by atoms with Crippen LogP contribution < -0.4 is 20.3 Å². The molecule has 0 aromatic heterocycles. The van der Waals surface area contributed by atoms with Gasteiger partial charge < -0.3 is 0 Å². The number of hydrogen-bond acceptors (Lipinski definition) is 8. The van der Waals surface area contributed by atoms with Crippen LogP contribution >= 0.6 is 18.4 Å². The van der Waals surface area contributed by atoms with Crippen LogP contribution in [0, 0.1) is 0 Å². The third-order valence-corrected chi connectivity index (χ3v) is 0. The molecule has 13 heavy (non-hydrogen) atoms. The van der Waals surface area contributed by atoms with Gasteiger partial charge in [0.25, 0.3) is 0 Å². The van der Waals surface area contributed by atoms with Crippen molar-refractivity contribution in [3.05, 3.63) is 0 Å². The van der Waals surface area contributed by atoms with Gasteiger partial charge in [0, 0.05) is 0 Å². The van der Waals surface area contributed by atoms with Gasteiger partial charge in [-0.2, -0.15) is 0 Å². The molecule has 0 aromatic carbocycles. The average Bonchev–Trinajstić information content (AvgIpc) is 1.12. The number of rotatable bonds is 0. The van der Waals surface area contributed by atoms with E-state index in [2.05, 4.69) is 18.4 Å². The Labute approximate surface area is 214 Å². The Morgan fingerprint density at radius 1 is 0.538 bits per heavy atom. The molecule has 0 saturated carbocycles. The quantitative estimate of drug-likeness (QED) is 0.220. The van der Waals surface area contributed by atoms with Crippen molar-refractivity contribution >= 4 is 201 Å². The van der Waals surface area contributed by atoms with Crippen molar-refractivity contribution in [2.45, 2.75) is 0 Å². The molecule has 0 heterocycles. The second kappa shape index (κ2) is 16.6. The summed E-state index contributed by atoms with van der Waals surface area (Å²) in [5.41, 5.74) is 0. The van der Waals surface area contributed by atoms with Crippen LogP contribution in [-0.4, -0.2) is 183 Å². The molecule has 0 saturated heterocycles. The summed E-state index contributed by atoms with van der Waals surface area (Å²) in [5.74, 6) is 0. The zero-order valence-corrected chi connectivity index (χ0v) is 26.3. The molecule has 13 heteroatoms. The summed E-state index contributed by atoms with van der Waals surface area (Å²) in [5, 5.41) is 0. The Balaban J connectivity index is -0.0000000267. The maximum atomic E-state index is 9.01. The molecular formula is Ba3O6S2Sb2. The van der Waals surface area contributed by atoms with E-state index in [0.717, 1.165) is 0 Å². The first kappa shape index (κ1) is 31.8. The van der Waals surface area contributed by atoms with E-state index >= 15 is 0 Å². The van der Waals surface area contributed by atoms with Crippen LogP contribution in [0.25, 0.3) is 0 Å². The number of hydrogen-bond donors (Lipinski definition) is 0. The van der Waals surface area contributed by atoms with Gasteiger partial charge in [0.15, 0.2) is 0 Å². The predicted molar refractivity (Wildman–Crippen MR) is 44.0 cm³/mol. The fourth-order valence-electron chi connectivity index (χ4n) is 0. The van der Waals surface area contributed by atoms with Crippen LogP contribution in [0.4, 0.5) is 0 Å². The summed E-state index contributed by atoms with van der Waals surface area (Å²) in [7, 11) is 6.72. The Kier molecular flexibility index (Phi) is 40.6. The summed E-state index contributed by atoms with van der Waals surface area (Å²) in [6.45, 7) is 0. The molecule has 64 valence electrons. The molecule has 0 aliphatic carbocycles. The SMILES string of the molecule is [Ba+2].[Ba+2].[Ba+2].[O-][Sb]([O-])([O-])=[S].[O-][Sb]([O-])([O-])=[S]. The van der Waals surface area contributed by atoms with Crippen LogP contribution in [-0.2, 0) is 0 Å². The molecule has 6 nitrogen and oxygen atoms in total. The summed E-state index contributed by atoms with van der Waals surface area (Å²) in [6, 6.07) is 0. The minimum atomic E-state index is -5.27. The molecular weight excluding hydrogens is 816 g/mol. The van der Waals surface area contributed by atoms with E-state index < -0.39 is 36.2 Å². The molecule has 0 N–H and O–H groups in total. The Morgan fingerprint density at radius 2 is 0.538 bits per heavy atom. The summed E-state index contributed by atoms with van der Waals surface area (Å²) >= 11 is -10.5. The molecule has 0 spiro atoms. The van der Waals surface area contributed by atoms with Crippen molar-refractivity contribution in [2.75, 3.05) is 0 Å². The standard InChI is InChI=1S/3Ba.6O.2S.2Sb/q3*+2;6*-1;;;;. The first-order valence-corrected chi connectivity index (χ1v) is 14.7. The third-order valence-electron chi connectivity index (χ3n) is 0. The van der Waals surface area contributed by atoms with Gasteiger partial charge >= 0.3 is 222 Å². The second-order valence-electron chi connectivity index (χ2n) is 0.894. The van der Waals surface area contributed by atoms with Crippen LogP contribution in [0.3, 0.4) is 0 Å². The summed E-state index contributed by atoms with van der Waals surface area (Å²) in [4.78, 5) is 0. The molecule has 0 atom stereocenters. The van der Waals surface area contributed by atoms with Gasteiger partial charge in [-0.3, -0.25) is 0 Å². The van der Waals surface area contributed by atoms with Crippen molar-refractivity contribution in [3.63, 3.8) is 0 Å². The monoisotopic (exact) mass is 815 g/mol. The fraction of sp³-hybridized carbons (Fsp3) is 0. The van der Waals surface area contributed by atoms with Crippen molar-refractivity contribution in [1.82, 2.24) is 0 Å². The molecule has 0 aromatic rings. The maximum absolute atomic E-state index is 9.01. The van der Waals surface area contributed by atoms with Gasteiger partial charge in [0.05, 0.1) is 0 Å². The molecule has 0 fully saturated rings. The van der Waals surface area contributed by atoms with Crippen LogP contribution in [0.1, 0.15) is 0 Å². The summed E-state index contributed by atoms with van der Waals surface area (Å²) < 4.78 is 54.0. The first-order chi connectivity index (χ1) is 4.00. The van der Waals surface area contributed by atoms with Gasteiger partial charge in [0.1, 0.15) is 0 Å². The molecule has 0 unspecified atom stereocenters. The zero-order valence-electron chi connectivity index (χ0n) is 6.28. The van der Waals surface area contributed by atoms with E-state index in [9.17, 15) is 0 Å². The first-order valence-electron chi connectivity index (χ1n) is 1.46. The van der Waals surface area contributed by atoms with Crippen LogP contribution in [0.15, 0.2) is 0 Å². The van der Waals surface area contributed by atoms with E-state index in [1.54, 1.807) is 0 Å². The van der Waals surface area contributed by atoms with E-state index in [1.807, 2.05) is 0 Å². The van der Waals surface area contributed by atoms with Gasteiger partial charge in [-0.05, 0) is 0 Å². The van der Waals surface area contributed by atoms with Crippen LogP contribution in [0.2, 0.25) is 0 Å². The van der Waals surface area contributed by atoms with Gasteiger partial charge in [0.2, 0.25) is 0 Å². The minimum absolute atomic E-state index is 0. The zero-order chi connectivity index (χ0) is 9.00. The Hall–Kier alpha value is 6.55. The molecule has 0 amide bonds. The van der Waals surface area contributed by atoms with E-state index in [1.165, 1.54) is 0 Å².